The van der Waals surface area contributed by atoms with Gasteiger partial charge in [-0.05, 0) is 0 Å². The summed E-state index contributed by atoms with van der Waals surface area (Å²) in [4.78, 5) is 24.1. The molecule has 1 N–H and O–H groups in total. The molecule has 0 saturated carbocycles. The van der Waals surface area contributed by atoms with E-state index in [4.69, 9.17) is 4.74 Å². The highest BCUT2D eigenvalue weighted by Crippen LogP contribution is 2.21. The van der Waals surface area contributed by atoms with Crippen molar-refractivity contribution in [1.29, 1.82) is 0 Å². The quantitative estimate of drug-likeness (QED) is 0.477. The smallest absolute Gasteiger partial charge is 0.287 e. The minimum absolute atomic E-state index is 0.0830. The van der Waals surface area contributed by atoms with Crippen molar-refractivity contribution in [3.63, 3.8) is 0 Å². The Hall–Kier alpha value is -1.34. The molecule has 1 aliphatic heterocycles. The van der Waals surface area contributed by atoms with Crippen molar-refractivity contribution in [2.45, 2.75) is 5.25 Å². The number of thioether (sulfide) groups is 1. The maximum atomic E-state index is 11.6. The highest BCUT2D eigenvalue weighted by Gasteiger charge is 2.21. The van der Waals surface area contributed by atoms with Crippen LogP contribution in [0.5, 0.6) is 0 Å². The number of ketones is 1. The number of H-pyrrole nitrogens is 1. The van der Waals surface area contributed by atoms with Gasteiger partial charge in [0, 0.05) is 6.07 Å². The summed E-state index contributed by atoms with van der Waals surface area (Å²) in [5.74, 6) is 0.205. The summed E-state index contributed by atoms with van der Waals surface area (Å²) in [5.41, 5.74) is 0.208. The van der Waals surface area contributed by atoms with Crippen LogP contribution >= 0.6 is 11.8 Å². The zero-order valence-corrected chi connectivity index (χ0v) is 9.16. The predicted molar refractivity (Wildman–Crippen MR) is 58.8 cm³/mol. The first-order valence-corrected chi connectivity index (χ1v) is 5.77. The SMILES string of the molecule is O=C(CSC1COC1)c1cc([N+](=O)[O-])c[nH]1. The molecule has 16 heavy (non-hydrogen) atoms. The lowest BCUT2D eigenvalue weighted by Crippen LogP contribution is -2.31. The molecule has 0 spiro atoms. The van der Waals surface area contributed by atoms with Gasteiger partial charge >= 0.3 is 0 Å². The number of nitrogens with zero attached hydrogens (tertiary/aromatic N) is 1. The maximum Gasteiger partial charge on any atom is 0.287 e. The predicted octanol–water partition coefficient (Wildman–Crippen LogP) is 1.24. The Morgan fingerprint density at radius 2 is 2.44 bits per heavy atom. The summed E-state index contributed by atoms with van der Waals surface area (Å²) < 4.78 is 4.98. The lowest BCUT2D eigenvalue weighted by molar-refractivity contribution is -0.384. The van der Waals surface area contributed by atoms with Gasteiger partial charge in [-0.2, -0.15) is 0 Å². The third-order valence-corrected chi connectivity index (χ3v) is 3.41. The summed E-state index contributed by atoms with van der Waals surface area (Å²) >= 11 is 1.52. The van der Waals surface area contributed by atoms with Crippen LogP contribution in [0.4, 0.5) is 5.69 Å². The summed E-state index contributed by atoms with van der Waals surface area (Å²) in [6.45, 7) is 1.37. The average molecular weight is 242 g/mol. The summed E-state index contributed by atoms with van der Waals surface area (Å²) in [6, 6.07) is 1.26. The number of Topliss-reactive ketones (excluding diaryl/α,β-unsaturated/α-hetero) is 1. The lowest BCUT2D eigenvalue weighted by Gasteiger charge is -2.24. The topological polar surface area (TPSA) is 85.2 Å². The van der Waals surface area contributed by atoms with E-state index in [2.05, 4.69) is 4.98 Å². The molecule has 0 aliphatic carbocycles. The molecule has 7 heteroatoms. The summed E-state index contributed by atoms with van der Waals surface area (Å²) in [6.07, 6.45) is 1.23. The van der Waals surface area contributed by atoms with E-state index in [1.165, 1.54) is 24.0 Å². The van der Waals surface area contributed by atoms with Gasteiger partial charge in [0.1, 0.15) is 0 Å². The molecule has 86 valence electrons. The second-order valence-electron chi connectivity index (χ2n) is 3.42. The van der Waals surface area contributed by atoms with Crippen molar-refractivity contribution in [2.24, 2.45) is 0 Å². The normalized spacial score (nSPS) is 15.8. The summed E-state index contributed by atoms with van der Waals surface area (Å²) in [7, 11) is 0. The molecule has 1 aliphatic rings. The molecule has 0 bridgehead atoms. The molecule has 1 fully saturated rings. The second kappa shape index (κ2) is 4.67. The van der Waals surface area contributed by atoms with Gasteiger partial charge in [0.05, 0.1) is 41.0 Å². The fourth-order valence-electron chi connectivity index (χ4n) is 1.23. The fourth-order valence-corrected chi connectivity index (χ4v) is 2.16. The van der Waals surface area contributed by atoms with Gasteiger partial charge in [-0.25, -0.2) is 0 Å². The van der Waals surface area contributed by atoms with E-state index in [0.717, 1.165) is 0 Å². The molecule has 0 unspecified atom stereocenters. The van der Waals surface area contributed by atoms with Crippen LogP contribution in [-0.4, -0.2) is 39.9 Å². The van der Waals surface area contributed by atoms with Gasteiger partial charge in [-0.15, -0.1) is 11.8 Å². The number of hydrogen-bond donors (Lipinski definition) is 1. The zero-order valence-electron chi connectivity index (χ0n) is 8.34. The minimum atomic E-state index is -0.528. The van der Waals surface area contributed by atoms with E-state index >= 15 is 0 Å². The number of ether oxygens (including phenoxy) is 1. The van der Waals surface area contributed by atoms with Crippen LogP contribution in [0.15, 0.2) is 12.3 Å². The van der Waals surface area contributed by atoms with Crippen molar-refractivity contribution in [1.82, 2.24) is 4.98 Å². The Labute approximate surface area is 95.5 Å². The fraction of sp³-hybridized carbons (Fsp3) is 0.444. The molecule has 0 radical (unpaired) electrons. The molecule has 6 nitrogen and oxygen atoms in total. The Bertz CT molecular complexity index is 413. The van der Waals surface area contributed by atoms with E-state index < -0.39 is 4.92 Å². The Kier molecular flexibility index (Phi) is 3.25. The summed E-state index contributed by atoms with van der Waals surface area (Å²) in [5, 5.41) is 10.8. The average Bonchev–Trinajstić information content (AvgIpc) is 2.63. The number of carbonyl (C=O) groups is 1. The van der Waals surface area contributed by atoms with Crippen LogP contribution in [0.3, 0.4) is 0 Å². The number of aromatic nitrogens is 1. The number of nitro groups is 1. The van der Waals surface area contributed by atoms with Gasteiger partial charge in [-0.1, -0.05) is 0 Å². The van der Waals surface area contributed by atoms with Crippen molar-refractivity contribution in [3.05, 3.63) is 28.1 Å². The minimum Gasteiger partial charge on any atom is -0.379 e. The first-order chi connectivity index (χ1) is 7.66. The monoisotopic (exact) mass is 242 g/mol. The molecular weight excluding hydrogens is 232 g/mol. The third kappa shape index (κ3) is 2.42. The second-order valence-corrected chi connectivity index (χ2v) is 4.71. The van der Waals surface area contributed by atoms with Gasteiger partial charge in [0.25, 0.3) is 5.69 Å². The Morgan fingerprint density at radius 3 is 2.94 bits per heavy atom. The van der Waals surface area contributed by atoms with Crippen LogP contribution in [0, 0.1) is 10.1 Å². The third-order valence-electron chi connectivity index (χ3n) is 2.24. The number of nitrogens with one attached hydrogen (secondary N) is 1. The number of hydrogen-bond acceptors (Lipinski definition) is 5. The zero-order chi connectivity index (χ0) is 11.5. The Balaban J connectivity index is 1.89. The van der Waals surface area contributed by atoms with Crippen LogP contribution in [0.2, 0.25) is 0 Å². The number of aromatic amines is 1. The van der Waals surface area contributed by atoms with Gasteiger partial charge in [0.15, 0.2) is 5.78 Å². The highest BCUT2D eigenvalue weighted by molar-refractivity contribution is 8.00. The molecule has 0 aromatic carbocycles. The number of rotatable bonds is 5. The van der Waals surface area contributed by atoms with Crippen LogP contribution < -0.4 is 0 Å². The van der Waals surface area contributed by atoms with Crippen molar-refractivity contribution >= 4 is 23.2 Å². The van der Waals surface area contributed by atoms with Crippen molar-refractivity contribution in [2.75, 3.05) is 19.0 Å². The highest BCUT2D eigenvalue weighted by atomic mass is 32.2. The largest absolute Gasteiger partial charge is 0.379 e. The van der Waals surface area contributed by atoms with E-state index in [9.17, 15) is 14.9 Å². The van der Waals surface area contributed by atoms with E-state index in [1.54, 1.807) is 0 Å². The van der Waals surface area contributed by atoms with Gasteiger partial charge in [0.2, 0.25) is 0 Å². The van der Waals surface area contributed by atoms with Crippen molar-refractivity contribution < 1.29 is 14.5 Å². The Morgan fingerprint density at radius 1 is 1.69 bits per heavy atom. The molecule has 2 heterocycles. The van der Waals surface area contributed by atoms with Crippen LogP contribution in [0.1, 0.15) is 10.5 Å². The van der Waals surface area contributed by atoms with Crippen LogP contribution in [0.25, 0.3) is 0 Å². The number of carbonyl (C=O) groups excluding carboxylic acids is 1. The van der Waals surface area contributed by atoms with E-state index in [0.29, 0.717) is 29.9 Å². The standard InChI is InChI=1S/C9H10N2O4S/c12-9(5-16-7-3-15-4-7)8-1-6(2-10-8)11(13)14/h1-2,7,10H,3-5H2. The first kappa shape index (κ1) is 11.2. The van der Waals surface area contributed by atoms with Gasteiger partial charge < -0.3 is 9.72 Å². The van der Waals surface area contributed by atoms with E-state index in [-0.39, 0.29) is 11.5 Å². The molecule has 1 aromatic heterocycles. The first-order valence-electron chi connectivity index (χ1n) is 4.72. The van der Waals surface area contributed by atoms with E-state index in [1.807, 2.05) is 0 Å². The molecule has 0 atom stereocenters. The molecule has 1 aromatic rings. The molecule has 0 amide bonds. The van der Waals surface area contributed by atoms with Crippen molar-refractivity contribution in [3.8, 4) is 0 Å². The van der Waals surface area contributed by atoms with Crippen LogP contribution in [-0.2, 0) is 4.74 Å². The molecule has 1 saturated heterocycles. The maximum absolute atomic E-state index is 11.6. The molecular formula is C9H10N2O4S. The molecule has 2 rings (SSSR count). The van der Waals surface area contributed by atoms with Gasteiger partial charge in [-0.3, -0.25) is 14.9 Å². The lowest BCUT2D eigenvalue weighted by atomic mass is 10.3.